The predicted octanol–water partition coefficient (Wildman–Crippen LogP) is -2.51. The molecular formula is C15H22FN2O3+. The Hall–Kier alpha value is -1.50. The third kappa shape index (κ3) is 5.08. The molecule has 21 heavy (non-hydrogen) atoms. The summed E-state index contributed by atoms with van der Waals surface area (Å²) < 4.78 is 18.5. The number of quaternary nitrogens is 2. The molecular weight excluding hydrogens is 275 g/mol. The van der Waals surface area contributed by atoms with Crippen molar-refractivity contribution >= 4 is 5.97 Å². The number of nitrogens with two attached hydrogens (primary N) is 1. The summed E-state index contributed by atoms with van der Waals surface area (Å²) in [6.07, 6.45) is 0.0502. The molecule has 0 radical (unpaired) electrons. The molecule has 1 heterocycles. The maximum absolute atomic E-state index is 13.1. The van der Waals surface area contributed by atoms with Gasteiger partial charge >= 0.3 is 0 Å². The van der Waals surface area contributed by atoms with E-state index in [2.05, 4.69) is 0 Å². The van der Waals surface area contributed by atoms with Crippen LogP contribution in [0.25, 0.3) is 0 Å². The van der Waals surface area contributed by atoms with Crippen molar-refractivity contribution in [2.75, 3.05) is 39.4 Å². The molecule has 0 aromatic heterocycles. The first-order valence-corrected chi connectivity index (χ1v) is 7.36. The van der Waals surface area contributed by atoms with E-state index < -0.39 is 5.97 Å². The van der Waals surface area contributed by atoms with Gasteiger partial charge in [0.1, 0.15) is 25.5 Å². The van der Waals surface area contributed by atoms with Crippen LogP contribution in [0.3, 0.4) is 0 Å². The van der Waals surface area contributed by atoms with E-state index in [1.807, 2.05) is 17.4 Å². The minimum atomic E-state index is -1.02. The molecule has 1 aromatic carbocycles. The summed E-state index contributed by atoms with van der Waals surface area (Å²) in [6.45, 7) is 4.56. The van der Waals surface area contributed by atoms with Gasteiger partial charge in [-0.15, -0.1) is 0 Å². The van der Waals surface area contributed by atoms with Crippen molar-refractivity contribution in [3.8, 4) is 0 Å². The maximum atomic E-state index is 13.1. The summed E-state index contributed by atoms with van der Waals surface area (Å²) in [6, 6.07) is 6.80. The summed E-state index contributed by atoms with van der Waals surface area (Å²) in [5, 5.41) is 12.5. The molecule has 1 aliphatic rings. The van der Waals surface area contributed by atoms with Gasteiger partial charge in [-0.25, -0.2) is 4.39 Å². The normalized spacial score (nSPS) is 17.6. The molecule has 116 valence electrons. The van der Waals surface area contributed by atoms with Gasteiger partial charge in [-0.05, 0) is 24.3 Å². The lowest BCUT2D eigenvalue weighted by Crippen LogP contribution is -3.16. The monoisotopic (exact) mass is 297 g/mol. The fourth-order valence-corrected chi connectivity index (χ4v) is 2.72. The molecule has 1 atom stereocenters. The van der Waals surface area contributed by atoms with Gasteiger partial charge in [-0.1, -0.05) is 0 Å². The van der Waals surface area contributed by atoms with Crippen LogP contribution in [-0.4, -0.2) is 45.4 Å². The van der Waals surface area contributed by atoms with E-state index in [0.29, 0.717) is 6.54 Å². The first-order chi connectivity index (χ1) is 10.2. The van der Waals surface area contributed by atoms with Crippen LogP contribution in [0.1, 0.15) is 18.0 Å². The van der Waals surface area contributed by atoms with Gasteiger partial charge < -0.3 is 24.9 Å². The number of carboxylic acid groups (broad SMARTS) is 1. The number of rotatable bonds is 7. The number of ether oxygens (including phenoxy) is 1. The maximum Gasteiger partial charge on any atom is 0.163 e. The molecule has 1 fully saturated rings. The first kappa shape index (κ1) is 15.9. The number of nitrogens with one attached hydrogen (secondary N) is 1. The molecule has 1 saturated heterocycles. The topological polar surface area (TPSA) is 70.4 Å². The van der Waals surface area contributed by atoms with Crippen LogP contribution < -0.4 is 15.3 Å². The largest absolute Gasteiger partial charge is 0.550 e. The van der Waals surface area contributed by atoms with E-state index in [1.54, 1.807) is 0 Å². The number of carboxylic acids is 1. The Balaban J connectivity index is 1.99. The molecule has 3 N–H and O–H groups in total. The van der Waals surface area contributed by atoms with Gasteiger partial charge in [0.2, 0.25) is 0 Å². The second-order valence-electron chi connectivity index (χ2n) is 5.31. The molecule has 0 aliphatic carbocycles. The van der Waals surface area contributed by atoms with Gasteiger partial charge in [0.15, 0.2) is 6.04 Å². The zero-order chi connectivity index (χ0) is 15.1. The van der Waals surface area contributed by atoms with Crippen LogP contribution in [0.15, 0.2) is 24.3 Å². The lowest BCUT2D eigenvalue weighted by atomic mass is 10.0. The average Bonchev–Trinajstić information content (AvgIpc) is 2.49. The number of aliphatic carboxylic acids is 1. The Morgan fingerprint density at radius 2 is 2.00 bits per heavy atom. The second-order valence-corrected chi connectivity index (χ2v) is 5.31. The Labute approximate surface area is 123 Å². The highest BCUT2D eigenvalue weighted by atomic mass is 19.1. The number of carbonyl (C=O) groups is 1. The Morgan fingerprint density at radius 1 is 1.33 bits per heavy atom. The highest BCUT2D eigenvalue weighted by molar-refractivity contribution is 5.64. The molecule has 0 spiro atoms. The van der Waals surface area contributed by atoms with E-state index >= 15 is 0 Å². The summed E-state index contributed by atoms with van der Waals surface area (Å²) in [4.78, 5) is 11.9. The van der Waals surface area contributed by atoms with E-state index in [9.17, 15) is 14.3 Å². The van der Waals surface area contributed by atoms with Gasteiger partial charge in [0.25, 0.3) is 0 Å². The Morgan fingerprint density at radius 3 is 2.62 bits per heavy atom. The average molecular weight is 297 g/mol. The Bertz CT molecular complexity index is 447. The highest BCUT2D eigenvalue weighted by Gasteiger charge is 2.27. The van der Waals surface area contributed by atoms with Gasteiger partial charge in [-0.2, -0.15) is 0 Å². The predicted molar refractivity (Wildman–Crippen MR) is 71.9 cm³/mol. The van der Waals surface area contributed by atoms with Crippen LogP contribution in [0.2, 0.25) is 0 Å². The molecule has 0 amide bonds. The van der Waals surface area contributed by atoms with Crippen molar-refractivity contribution in [2.24, 2.45) is 0 Å². The molecule has 0 unspecified atom stereocenters. The van der Waals surface area contributed by atoms with E-state index in [4.69, 9.17) is 4.74 Å². The Kier molecular flexibility index (Phi) is 6.10. The lowest BCUT2D eigenvalue weighted by Gasteiger charge is -2.30. The molecule has 0 bridgehead atoms. The SMILES string of the molecule is O=C([O-])CC[NH2+]C[C@@H](c1ccc(F)cc1)[NH+]1CCOCC1. The minimum Gasteiger partial charge on any atom is -0.550 e. The van der Waals surface area contributed by atoms with Crippen molar-refractivity contribution < 1.29 is 29.2 Å². The van der Waals surface area contributed by atoms with Crippen molar-refractivity contribution in [2.45, 2.75) is 12.5 Å². The number of hydrogen-bond donors (Lipinski definition) is 2. The highest BCUT2D eigenvalue weighted by Crippen LogP contribution is 2.09. The van der Waals surface area contributed by atoms with Crippen molar-refractivity contribution in [1.82, 2.24) is 0 Å². The molecule has 5 nitrogen and oxygen atoms in total. The lowest BCUT2D eigenvalue weighted by molar-refractivity contribution is -0.951. The van der Waals surface area contributed by atoms with Crippen molar-refractivity contribution in [1.29, 1.82) is 0 Å². The summed E-state index contributed by atoms with van der Waals surface area (Å²) in [7, 11) is 0. The summed E-state index contributed by atoms with van der Waals surface area (Å²) >= 11 is 0. The third-order valence-electron chi connectivity index (χ3n) is 3.86. The van der Waals surface area contributed by atoms with Gasteiger partial charge in [0.05, 0.1) is 19.8 Å². The summed E-state index contributed by atoms with van der Waals surface area (Å²) in [5.41, 5.74) is 1.08. The van der Waals surface area contributed by atoms with Crippen LogP contribution in [0.5, 0.6) is 0 Å². The second kappa shape index (κ2) is 8.07. The standard InChI is InChI=1S/C15H21FN2O3/c16-13-3-1-12(2-4-13)14(11-17-6-5-15(19)20)18-7-9-21-10-8-18/h1-4,14,17H,5-11H2,(H,19,20)/p+1/t14-/m0/s1. The first-order valence-electron chi connectivity index (χ1n) is 7.36. The van der Waals surface area contributed by atoms with E-state index in [0.717, 1.165) is 38.4 Å². The molecule has 6 heteroatoms. The van der Waals surface area contributed by atoms with Crippen molar-refractivity contribution in [3.05, 3.63) is 35.6 Å². The van der Waals surface area contributed by atoms with Crippen molar-refractivity contribution in [3.63, 3.8) is 0 Å². The number of halogens is 1. The third-order valence-corrected chi connectivity index (χ3v) is 3.86. The quantitative estimate of drug-likeness (QED) is 0.546. The molecule has 0 saturated carbocycles. The smallest absolute Gasteiger partial charge is 0.163 e. The zero-order valence-corrected chi connectivity index (χ0v) is 12.0. The van der Waals surface area contributed by atoms with E-state index in [1.165, 1.54) is 17.0 Å². The van der Waals surface area contributed by atoms with Gasteiger partial charge in [-0.3, -0.25) is 0 Å². The molecule has 2 rings (SSSR count). The number of carbonyl (C=O) groups excluding carboxylic acids is 1. The fraction of sp³-hybridized carbons (Fsp3) is 0.533. The van der Waals surface area contributed by atoms with Crippen LogP contribution >= 0.6 is 0 Å². The summed E-state index contributed by atoms with van der Waals surface area (Å²) in [5.74, 6) is -1.27. The number of hydrogen-bond acceptors (Lipinski definition) is 3. The molecule has 1 aromatic rings. The minimum absolute atomic E-state index is 0.0502. The number of benzene rings is 1. The van der Waals surface area contributed by atoms with Crippen LogP contribution in [0, 0.1) is 5.82 Å². The zero-order valence-electron chi connectivity index (χ0n) is 12.0. The van der Waals surface area contributed by atoms with Crippen LogP contribution in [0.4, 0.5) is 4.39 Å². The van der Waals surface area contributed by atoms with E-state index in [-0.39, 0.29) is 18.3 Å². The molecule has 1 aliphatic heterocycles. The van der Waals surface area contributed by atoms with Gasteiger partial charge in [0, 0.05) is 18.0 Å². The van der Waals surface area contributed by atoms with Crippen LogP contribution in [-0.2, 0) is 9.53 Å². The fourth-order valence-electron chi connectivity index (χ4n) is 2.72. The number of morpholine rings is 1.